The molecule has 1 saturated heterocycles. The van der Waals surface area contributed by atoms with Gasteiger partial charge in [-0.15, -0.1) is 5.10 Å². The minimum Gasteiger partial charge on any atom is -0.378 e. The first kappa shape index (κ1) is 14.0. The van der Waals surface area contributed by atoms with E-state index in [-0.39, 0.29) is 18.0 Å². The number of nitrogens with zero attached hydrogens (tertiary/aromatic N) is 4. The Hall–Kier alpha value is -1.47. The van der Waals surface area contributed by atoms with Gasteiger partial charge in [-0.3, -0.25) is 4.79 Å². The number of nitrogens with two attached hydrogens (primary N) is 1. The van der Waals surface area contributed by atoms with Crippen molar-refractivity contribution < 1.29 is 9.53 Å². The zero-order valence-electron chi connectivity index (χ0n) is 11.5. The number of ether oxygens (including phenoxy) is 1. The smallest absolute Gasteiger partial charge is 0.247 e. The molecule has 1 amide bonds. The van der Waals surface area contributed by atoms with E-state index < -0.39 is 0 Å². The van der Waals surface area contributed by atoms with Crippen LogP contribution in [-0.4, -0.2) is 52.1 Å². The Kier molecular flexibility index (Phi) is 4.49. The van der Waals surface area contributed by atoms with Crippen molar-refractivity contribution in [1.29, 1.82) is 0 Å². The fraction of sp³-hybridized carbons (Fsp3) is 0.750. The van der Waals surface area contributed by atoms with Crippen LogP contribution in [0.15, 0.2) is 6.20 Å². The highest BCUT2D eigenvalue weighted by atomic mass is 16.5. The summed E-state index contributed by atoms with van der Waals surface area (Å²) >= 11 is 0. The Bertz CT molecular complexity index is 428. The third-order valence-electron chi connectivity index (χ3n) is 3.42. The van der Waals surface area contributed by atoms with Gasteiger partial charge in [0, 0.05) is 13.1 Å². The number of hydrogen-bond acceptors (Lipinski definition) is 5. The first-order valence-corrected chi connectivity index (χ1v) is 6.67. The largest absolute Gasteiger partial charge is 0.378 e. The van der Waals surface area contributed by atoms with Gasteiger partial charge >= 0.3 is 0 Å². The fourth-order valence-corrected chi connectivity index (χ4v) is 2.02. The predicted octanol–water partition coefficient (Wildman–Crippen LogP) is 0.108. The number of aromatic nitrogens is 3. The monoisotopic (exact) mass is 267 g/mol. The number of rotatable bonds is 4. The molecule has 0 bridgehead atoms. The summed E-state index contributed by atoms with van der Waals surface area (Å²) in [6, 6.07) is -0.483. The highest BCUT2D eigenvalue weighted by Gasteiger charge is 2.25. The van der Waals surface area contributed by atoms with Crippen LogP contribution < -0.4 is 5.73 Å². The Labute approximate surface area is 112 Å². The lowest BCUT2D eigenvalue weighted by Gasteiger charge is -2.29. The quantitative estimate of drug-likeness (QED) is 0.836. The Morgan fingerprint density at radius 1 is 1.53 bits per heavy atom. The number of carbonyl (C=O) groups excluding carboxylic acids is 1. The number of amides is 1. The standard InChI is InChI=1S/C12H21N5O2/c1-3-10(13)11-8-17(15-14-11)9(2)12(18)16-4-6-19-7-5-16/h8-10H,3-7,13H2,1-2H3. The van der Waals surface area contributed by atoms with Crippen LogP contribution in [0.4, 0.5) is 0 Å². The molecular weight excluding hydrogens is 246 g/mol. The van der Waals surface area contributed by atoms with Crippen LogP contribution in [0.3, 0.4) is 0 Å². The first-order valence-electron chi connectivity index (χ1n) is 6.67. The molecule has 0 radical (unpaired) electrons. The molecule has 1 aromatic heterocycles. The van der Waals surface area contributed by atoms with Crippen molar-refractivity contribution in [3.63, 3.8) is 0 Å². The molecule has 0 aliphatic carbocycles. The van der Waals surface area contributed by atoms with Gasteiger partial charge in [0.15, 0.2) is 0 Å². The van der Waals surface area contributed by atoms with E-state index in [4.69, 9.17) is 10.5 Å². The van der Waals surface area contributed by atoms with Crippen molar-refractivity contribution in [3.05, 3.63) is 11.9 Å². The Balaban J connectivity index is 2.03. The minimum atomic E-state index is -0.358. The van der Waals surface area contributed by atoms with Crippen LogP contribution in [-0.2, 0) is 9.53 Å². The molecule has 0 aromatic carbocycles. The van der Waals surface area contributed by atoms with E-state index in [1.165, 1.54) is 0 Å². The molecule has 0 saturated carbocycles. The second kappa shape index (κ2) is 6.12. The summed E-state index contributed by atoms with van der Waals surface area (Å²) in [5.41, 5.74) is 6.62. The van der Waals surface area contributed by atoms with Gasteiger partial charge < -0.3 is 15.4 Å². The Morgan fingerprint density at radius 2 is 2.21 bits per heavy atom. The fourth-order valence-electron chi connectivity index (χ4n) is 2.02. The zero-order chi connectivity index (χ0) is 13.8. The molecule has 0 spiro atoms. The van der Waals surface area contributed by atoms with Crippen LogP contribution in [0.5, 0.6) is 0 Å². The van der Waals surface area contributed by atoms with Gasteiger partial charge in [-0.05, 0) is 13.3 Å². The molecule has 19 heavy (non-hydrogen) atoms. The maximum absolute atomic E-state index is 12.3. The van der Waals surface area contributed by atoms with Crippen LogP contribution in [0.2, 0.25) is 0 Å². The number of carbonyl (C=O) groups is 1. The van der Waals surface area contributed by atoms with Gasteiger partial charge in [0.25, 0.3) is 0 Å². The highest BCUT2D eigenvalue weighted by molar-refractivity contribution is 5.80. The molecular formula is C12H21N5O2. The minimum absolute atomic E-state index is 0.0461. The summed E-state index contributed by atoms with van der Waals surface area (Å²) in [4.78, 5) is 14.1. The molecule has 7 nitrogen and oxygen atoms in total. The van der Waals surface area contributed by atoms with E-state index in [2.05, 4.69) is 10.3 Å². The first-order chi connectivity index (χ1) is 9.13. The van der Waals surface area contributed by atoms with E-state index in [1.54, 1.807) is 15.8 Å². The van der Waals surface area contributed by atoms with Crippen LogP contribution in [0.1, 0.15) is 38.0 Å². The van der Waals surface area contributed by atoms with E-state index in [9.17, 15) is 4.79 Å². The molecule has 1 aliphatic rings. The SMILES string of the molecule is CCC(N)c1cn(C(C)C(=O)N2CCOCC2)nn1. The lowest BCUT2D eigenvalue weighted by molar-refractivity contribution is -0.138. The van der Waals surface area contributed by atoms with Crippen LogP contribution in [0.25, 0.3) is 0 Å². The summed E-state index contributed by atoms with van der Waals surface area (Å²) in [5, 5.41) is 8.04. The summed E-state index contributed by atoms with van der Waals surface area (Å²) in [6.07, 6.45) is 2.56. The van der Waals surface area contributed by atoms with Gasteiger partial charge in [-0.25, -0.2) is 4.68 Å². The molecule has 7 heteroatoms. The van der Waals surface area contributed by atoms with Gasteiger partial charge in [0.1, 0.15) is 6.04 Å². The highest BCUT2D eigenvalue weighted by Crippen LogP contribution is 2.14. The van der Waals surface area contributed by atoms with Gasteiger partial charge in [0.2, 0.25) is 5.91 Å². The van der Waals surface area contributed by atoms with Crippen LogP contribution in [0, 0.1) is 0 Å². The maximum Gasteiger partial charge on any atom is 0.247 e. The van der Waals surface area contributed by atoms with E-state index >= 15 is 0 Å². The number of hydrogen-bond donors (Lipinski definition) is 1. The van der Waals surface area contributed by atoms with Crippen molar-refractivity contribution in [3.8, 4) is 0 Å². The molecule has 2 N–H and O–H groups in total. The summed E-state index contributed by atoms with van der Waals surface area (Å²) in [5.74, 6) is 0.0461. The van der Waals surface area contributed by atoms with Crippen molar-refractivity contribution >= 4 is 5.91 Å². The molecule has 1 aromatic rings. The molecule has 1 aliphatic heterocycles. The normalized spacial score (nSPS) is 19.2. The van der Waals surface area contributed by atoms with Crippen molar-refractivity contribution in [2.45, 2.75) is 32.4 Å². The third kappa shape index (κ3) is 3.10. The van der Waals surface area contributed by atoms with Crippen LogP contribution >= 0.6 is 0 Å². The molecule has 1 fully saturated rings. The summed E-state index contributed by atoms with van der Waals surface area (Å²) in [6.45, 7) is 6.29. The lowest BCUT2D eigenvalue weighted by Crippen LogP contribution is -2.43. The van der Waals surface area contributed by atoms with E-state index in [0.29, 0.717) is 26.3 Å². The molecule has 2 rings (SSSR count). The van der Waals surface area contributed by atoms with E-state index in [0.717, 1.165) is 12.1 Å². The molecule has 2 unspecified atom stereocenters. The zero-order valence-corrected chi connectivity index (χ0v) is 11.5. The maximum atomic E-state index is 12.3. The third-order valence-corrected chi connectivity index (χ3v) is 3.42. The average Bonchev–Trinajstić information content (AvgIpc) is 2.95. The van der Waals surface area contributed by atoms with Crippen molar-refractivity contribution in [1.82, 2.24) is 19.9 Å². The predicted molar refractivity (Wildman–Crippen MR) is 69.4 cm³/mol. The number of morpholine rings is 1. The lowest BCUT2D eigenvalue weighted by atomic mass is 10.2. The second-order valence-electron chi connectivity index (χ2n) is 4.75. The summed E-state index contributed by atoms with van der Waals surface area (Å²) in [7, 11) is 0. The molecule has 2 heterocycles. The molecule has 106 valence electrons. The Morgan fingerprint density at radius 3 is 2.84 bits per heavy atom. The average molecular weight is 267 g/mol. The topological polar surface area (TPSA) is 86.3 Å². The van der Waals surface area contributed by atoms with Gasteiger partial charge in [-0.2, -0.15) is 0 Å². The van der Waals surface area contributed by atoms with Gasteiger partial charge in [0.05, 0.1) is 31.1 Å². The van der Waals surface area contributed by atoms with Crippen molar-refractivity contribution in [2.24, 2.45) is 5.73 Å². The van der Waals surface area contributed by atoms with Crippen molar-refractivity contribution in [2.75, 3.05) is 26.3 Å². The van der Waals surface area contributed by atoms with E-state index in [1.807, 2.05) is 13.8 Å². The van der Waals surface area contributed by atoms with Gasteiger partial charge in [-0.1, -0.05) is 12.1 Å². The second-order valence-corrected chi connectivity index (χ2v) is 4.75. The summed E-state index contributed by atoms with van der Waals surface area (Å²) < 4.78 is 6.83. The molecule has 2 atom stereocenters.